The van der Waals surface area contributed by atoms with Crippen molar-refractivity contribution in [2.24, 2.45) is 0 Å². The van der Waals surface area contributed by atoms with Gasteiger partial charge in [-0.15, -0.1) is 0 Å². The van der Waals surface area contributed by atoms with Gasteiger partial charge in [-0.2, -0.15) is 13.2 Å². The summed E-state index contributed by atoms with van der Waals surface area (Å²) >= 11 is 0. The van der Waals surface area contributed by atoms with Crippen molar-refractivity contribution in [3.63, 3.8) is 0 Å². The van der Waals surface area contributed by atoms with Crippen LogP contribution in [0.4, 0.5) is 13.2 Å². The second-order valence-corrected chi connectivity index (χ2v) is 6.60. The summed E-state index contributed by atoms with van der Waals surface area (Å²) in [6.07, 6.45) is -4.40. The van der Waals surface area contributed by atoms with Crippen LogP contribution in [0.25, 0.3) is 28.0 Å². The Morgan fingerprint density at radius 3 is 2.18 bits per heavy atom. The lowest BCUT2D eigenvalue weighted by Gasteiger charge is -2.09. The molecule has 0 fully saturated rings. The third-order valence-electron chi connectivity index (χ3n) is 4.73. The van der Waals surface area contributed by atoms with Crippen molar-refractivity contribution in [2.45, 2.75) is 20.0 Å². The number of H-pyrrole nitrogens is 1. The highest BCUT2D eigenvalue weighted by atomic mass is 19.4. The van der Waals surface area contributed by atoms with Crippen LogP contribution in [-0.2, 0) is 6.18 Å². The average Bonchev–Trinajstić information content (AvgIpc) is 3.01. The van der Waals surface area contributed by atoms with E-state index in [4.69, 9.17) is 0 Å². The van der Waals surface area contributed by atoms with Crippen molar-refractivity contribution in [2.75, 3.05) is 0 Å². The summed E-state index contributed by atoms with van der Waals surface area (Å²) in [5.41, 5.74) is 3.06. The Kier molecular flexibility index (Phi) is 4.10. The van der Waals surface area contributed by atoms with E-state index in [1.54, 1.807) is 13.8 Å². The van der Waals surface area contributed by atoms with Gasteiger partial charge in [0, 0.05) is 22.4 Å². The standard InChI is InChI=1S/C21H16F3N3O/c1-12-18(15-6-4-3-5-7-15)25-19-17(13(2)26-27(19)20(12)28)14-8-10-16(11-9-14)21(22,23)24/h3-11,26H,1-2H3. The Balaban J connectivity index is 1.96. The van der Waals surface area contributed by atoms with Crippen LogP contribution < -0.4 is 5.56 Å². The predicted molar refractivity (Wildman–Crippen MR) is 101 cm³/mol. The lowest BCUT2D eigenvalue weighted by Crippen LogP contribution is -2.19. The maximum absolute atomic E-state index is 12.9. The molecule has 0 saturated heterocycles. The normalized spacial score (nSPS) is 11.9. The quantitative estimate of drug-likeness (QED) is 0.530. The van der Waals surface area contributed by atoms with Gasteiger partial charge in [0.15, 0.2) is 5.65 Å². The van der Waals surface area contributed by atoms with Crippen LogP contribution in [0.5, 0.6) is 0 Å². The third kappa shape index (κ3) is 2.89. The molecular formula is C21H16F3N3O. The number of fused-ring (bicyclic) bond motifs is 1. The summed E-state index contributed by atoms with van der Waals surface area (Å²) in [5, 5.41) is 2.98. The van der Waals surface area contributed by atoms with Gasteiger partial charge in [-0.05, 0) is 31.5 Å². The number of nitrogens with one attached hydrogen (secondary N) is 1. The predicted octanol–water partition coefficient (Wildman–Crippen LogP) is 4.99. The number of alkyl halides is 3. The average molecular weight is 383 g/mol. The molecule has 2 heterocycles. The molecule has 0 amide bonds. The molecule has 0 radical (unpaired) electrons. The lowest BCUT2D eigenvalue weighted by molar-refractivity contribution is -0.137. The highest BCUT2D eigenvalue weighted by Crippen LogP contribution is 2.33. The number of halogens is 3. The van der Waals surface area contributed by atoms with E-state index in [0.717, 1.165) is 17.7 Å². The highest BCUT2D eigenvalue weighted by molar-refractivity contribution is 5.81. The molecule has 0 aliphatic heterocycles. The van der Waals surface area contributed by atoms with Crippen molar-refractivity contribution in [1.29, 1.82) is 0 Å². The molecule has 0 aliphatic rings. The molecule has 7 heteroatoms. The molecule has 0 saturated carbocycles. The van der Waals surface area contributed by atoms with Crippen LogP contribution in [0.3, 0.4) is 0 Å². The fraction of sp³-hybridized carbons (Fsp3) is 0.143. The van der Waals surface area contributed by atoms with E-state index in [-0.39, 0.29) is 5.56 Å². The van der Waals surface area contributed by atoms with Gasteiger partial charge in [0.2, 0.25) is 0 Å². The first-order chi connectivity index (χ1) is 13.3. The summed E-state index contributed by atoms with van der Waals surface area (Å²) in [6, 6.07) is 14.2. The van der Waals surface area contributed by atoms with Gasteiger partial charge in [0.25, 0.3) is 5.56 Å². The van der Waals surface area contributed by atoms with Crippen molar-refractivity contribution in [3.8, 4) is 22.4 Å². The second kappa shape index (κ2) is 6.37. The Morgan fingerprint density at radius 1 is 0.929 bits per heavy atom. The van der Waals surface area contributed by atoms with Crippen LogP contribution in [0.1, 0.15) is 16.8 Å². The zero-order valence-electron chi connectivity index (χ0n) is 15.1. The number of aromatic nitrogens is 3. The smallest absolute Gasteiger partial charge is 0.293 e. The van der Waals surface area contributed by atoms with Crippen LogP contribution in [0, 0.1) is 13.8 Å². The van der Waals surface area contributed by atoms with Crippen LogP contribution in [-0.4, -0.2) is 14.6 Å². The largest absolute Gasteiger partial charge is 0.416 e. The molecule has 0 bridgehead atoms. The molecule has 2 aromatic heterocycles. The molecule has 1 N–H and O–H groups in total. The number of hydrogen-bond acceptors (Lipinski definition) is 2. The van der Waals surface area contributed by atoms with Crippen molar-refractivity contribution < 1.29 is 13.2 Å². The van der Waals surface area contributed by atoms with Crippen LogP contribution >= 0.6 is 0 Å². The molecule has 28 heavy (non-hydrogen) atoms. The number of hydrogen-bond donors (Lipinski definition) is 1. The number of nitrogens with zero attached hydrogens (tertiary/aromatic N) is 2. The first-order valence-corrected chi connectivity index (χ1v) is 8.62. The molecular weight excluding hydrogens is 367 g/mol. The van der Waals surface area contributed by atoms with E-state index in [0.29, 0.717) is 33.7 Å². The minimum absolute atomic E-state index is 0.245. The highest BCUT2D eigenvalue weighted by Gasteiger charge is 2.30. The SMILES string of the molecule is Cc1[nH]n2c(=O)c(C)c(-c3ccccc3)nc2c1-c1ccc(C(F)(F)F)cc1. The van der Waals surface area contributed by atoms with Crippen molar-refractivity contribution >= 4 is 5.65 Å². The second-order valence-electron chi connectivity index (χ2n) is 6.60. The first kappa shape index (κ1) is 18.0. The van der Waals surface area contributed by atoms with Gasteiger partial charge in [0.1, 0.15) is 0 Å². The van der Waals surface area contributed by atoms with Gasteiger partial charge in [-0.3, -0.25) is 9.89 Å². The zero-order chi connectivity index (χ0) is 20.1. The molecule has 142 valence electrons. The third-order valence-corrected chi connectivity index (χ3v) is 4.73. The molecule has 2 aromatic carbocycles. The van der Waals surface area contributed by atoms with Crippen LogP contribution in [0.15, 0.2) is 59.4 Å². The molecule has 0 spiro atoms. The maximum Gasteiger partial charge on any atom is 0.416 e. The summed E-state index contributed by atoms with van der Waals surface area (Å²) in [7, 11) is 0. The fourth-order valence-electron chi connectivity index (χ4n) is 3.32. The summed E-state index contributed by atoms with van der Waals surface area (Å²) in [4.78, 5) is 17.5. The molecule has 0 atom stereocenters. The maximum atomic E-state index is 12.9. The topological polar surface area (TPSA) is 50.2 Å². The zero-order valence-corrected chi connectivity index (χ0v) is 15.1. The van der Waals surface area contributed by atoms with E-state index in [1.807, 2.05) is 30.3 Å². The number of aryl methyl sites for hydroxylation is 1. The van der Waals surface area contributed by atoms with Gasteiger partial charge in [0.05, 0.1) is 11.3 Å². The van der Waals surface area contributed by atoms with Gasteiger partial charge in [-0.25, -0.2) is 9.50 Å². The minimum Gasteiger partial charge on any atom is -0.293 e. The number of aromatic amines is 1. The molecule has 0 unspecified atom stereocenters. The lowest BCUT2D eigenvalue weighted by atomic mass is 10.0. The monoisotopic (exact) mass is 383 g/mol. The Labute approximate surface area is 158 Å². The van der Waals surface area contributed by atoms with E-state index in [1.165, 1.54) is 16.6 Å². The van der Waals surface area contributed by atoms with Crippen LogP contribution in [0.2, 0.25) is 0 Å². The first-order valence-electron chi connectivity index (χ1n) is 8.62. The summed E-state index contributed by atoms with van der Waals surface area (Å²) in [6.45, 7) is 3.47. The Bertz CT molecular complexity index is 1220. The number of benzene rings is 2. The van der Waals surface area contributed by atoms with E-state index in [2.05, 4.69) is 10.1 Å². The van der Waals surface area contributed by atoms with Gasteiger partial charge >= 0.3 is 6.18 Å². The van der Waals surface area contributed by atoms with Gasteiger partial charge in [-0.1, -0.05) is 42.5 Å². The molecule has 0 aliphatic carbocycles. The van der Waals surface area contributed by atoms with E-state index < -0.39 is 11.7 Å². The molecule has 4 rings (SSSR count). The summed E-state index contributed by atoms with van der Waals surface area (Å²) in [5.74, 6) is 0. The minimum atomic E-state index is -4.40. The number of rotatable bonds is 2. The molecule has 4 aromatic rings. The van der Waals surface area contributed by atoms with Gasteiger partial charge < -0.3 is 0 Å². The van der Waals surface area contributed by atoms with E-state index in [9.17, 15) is 18.0 Å². The Hall–Kier alpha value is -3.35. The Morgan fingerprint density at radius 2 is 1.57 bits per heavy atom. The van der Waals surface area contributed by atoms with Crippen molar-refractivity contribution in [3.05, 3.63) is 81.8 Å². The summed E-state index contributed by atoms with van der Waals surface area (Å²) < 4.78 is 39.9. The van der Waals surface area contributed by atoms with Crippen molar-refractivity contribution in [1.82, 2.24) is 14.6 Å². The fourth-order valence-corrected chi connectivity index (χ4v) is 3.32. The molecule has 4 nitrogen and oxygen atoms in total. The van der Waals surface area contributed by atoms with E-state index >= 15 is 0 Å².